The number of rotatable bonds is 2. The molecule has 0 aromatic carbocycles. The molecule has 1 aliphatic carbocycles. The summed E-state index contributed by atoms with van der Waals surface area (Å²) in [6, 6.07) is 0.218. The smallest absolute Gasteiger partial charge is 0.197 e. The second kappa shape index (κ2) is 3.61. The summed E-state index contributed by atoms with van der Waals surface area (Å²) in [5.41, 5.74) is 1.04. The van der Waals surface area contributed by atoms with Crippen molar-refractivity contribution in [2.75, 3.05) is 19.8 Å². The van der Waals surface area contributed by atoms with E-state index in [9.17, 15) is 0 Å². The summed E-state index contributed by atoms with van der Waals surface area (Å²) < 4.78 is 11.1. The molecule has 1 aliphatic heterocycles. The van der Waals surface area contributed by atoms with Gasteiger partial charge in [-0.1, -0.05) is 0 Å². The van der Waals surface area contributed by atoms with E-state index in [-0.39, 0.29) is 6.04 Å². The molecule has 1 aromatic heterocycles. The van der Waals surface area contributed by atoms with Gasteiger partial charge in [0.15, 0.2) is 5.89 Å². The second-order valence-corrected chi connectivity index (χ2v) is 4.35. The Balaban J connectivity index is 1.82. The highest BCUT2D eigenvalue weighted by Gasteiger charge is 2.31. The first-order chi connectivity index (χ1) is 7.34. The third-order valence-corrected chi connectivity index (χ3v) is 3.03. The van der Waals surface area contributed by atoms with Crippen molar-refractivity contribution in [3.8, 4) is 0 Å². The number of hydrogen-bond donors (Lipinski definition) is 1. The molecule has 2 fully saturated rings. The Labute approximate surface area is 89.0 Å². The molecule has 1 atom stereocenters. The van der Waals surface area contributed by atoms with Gasteiger partial charge in [0, 0.05) is 12.5 Å². The summed E-state index contributed by atoms with van der Waals surface area (Å²) in [7, 11) is 0. The minimum Gasteiger partial charge on any atom is -0.445 e. The monoisotopic (exact) mass is 208 g/mol. The second-order valence-electron chi connectivity index (χ2n) is 4.35. The van der Waals surface area contributed by atoms with Crippen LogP contribution in [0.1, 0.15) is 42.1 Å². The molecule has 15 heavy (non-hydrogen) atoms. The van der Waals surface area contributed by atoms with Crippen molar-refractivity contribution in [3.05, 3.63) is 17.3 Å². The van der Waals surface area contributed by atoms with Crippen molar-refractivity contribution in [3.63, 3.8) is 0 Å². The molecule has 0 amide bonds. The molecule has 1 aromatic rings. The summed E-state index contributed by atoms with van der Waals surface area (Å²) in [4.78, 5) is 4.59. The fourth-order valence-corrected chi connectivity index (χ4v) is 2.00. The van der Waals surface area contributed by atoms with Crippen LogP contribution in [0, 0.1) is 6.92 Å². The van der Waals surface area contributed by atoms with Gasteiger partial charge in [0.25, 0.3) is 0 Å². The average molecular weight is 208 g/mol. The molecule has 1 saturated carbocycles. The van der Waals surface area contributed by atoms with E-state index in [0.29, 0.717) is 12.5 Å². The summed E-state index contributed by atoms with van der Waals surface area (Å²) in [5, 5.41) is 3.40. The van der Waals surface area contributed by atoms with E-state index in [0.717, 1.165) is 30.5 Å². The van der Waals surface area contributed by atoms with Gasteiger partial charge in [-0.05, 0) is 19.8 Å². The molecular weight excluding hydrogens is 192 g/mol. The number of aryl methyl sites for hydroxylation is 1. The van der Waals surface area contributed by atoms with E-state index in [1.807, 2.05) is 6.92 Å². The van der Waals surface area contributed by atoms with Crippen LogP contribution in [0.3, 0.4) is 0 Å². The van der Waals surface area contributed by atoms with Gasteiger partial charge in [-0.15, -0.1) is 0 Å². The van der Waals surface area contributed by atoms with Gasteiger partial charge < -0.3 is 14.5 Å². The van der Waals surface area contributed by atoms with E-state index in [2.05, 4.69) is 10.3 Å². The first-order valence-corrected chi connectivity index (χ1v) is 5.63. The molecule has 4 heteroatoms. The fraction of sp³-hybridized carbons (Fsp3) is 0.727. The van der Waals surface area contributed by atoms with Crippen LogP contribution < -0.4 is 5.32 Å². The highest BCUT2D eigenvalue weighted by atomic mass is 16.5. The lowest BCUT2D eigenvalue weighted by Gasteiger charge is -2.22. The first-order valence-electron chi connectivity index (χ1n) is 5.63. The van der Waals surface area contributed by atoms with Crippen LogP contribution >= 0.6 is 0 Å². The van der Waals surface area contributed by atoms with Crippen LogP contribution in [0.5, 0.6) is 0 Å². The van der Waals surface area contributed by atoms with E-state index in [4.69, 9.17) is 9.15 Å². The van der Waals surface area contributed by atoms with Crippen LogP contribution in [0.25, 0.3) is 0 Å². The SMILES string of the molecule is Cc1oc(C2CC2)nc1C1COCCN1. The lowest BCUT2D eigenvalue weighted by atomic mass is 10.2. The molecule has 0 bridgehead atoms. The highest BCUT2D eigenvalue weighted by Crippen LogP contribution is 2.40. The molecule has 2 aliphatic rings. The van der Waals surface area contributed by atoms with Crippen molar-refractivity contribution in [1.82, 2.24) is 10.3 Å². The van der Waals surface area contributed by atoms with Gasteiger partial charge in [-0.25, -0.2) is 4.98 Å². The van der Waals surface area contributed by atoms with Gasteiger partial charge in [-0.2, -0.15) is 0 Å². The van der Waals surface area contributed by atoms with E-state index >= 15 is 0 Å². The van der Waals surface area contributed by atoms with Crippen molar-refractivity contribution < 1.29 is 9.15 Å². The van der Waals surface area contributed by atoms with Crippen molar-refractivity contribution in [2.24, 2.45) is 0 Å². The van der Waals surface area contributed by atoms with Gasteiger partial charge in [0.1, 0.15) is 11.5 Å². The minimum atomic E-state index is 0.218. The van der Waals surface area contributed by atoms with Crippen molar-refractivity contribution in [1.29, 1.82) is 0 Å². The standard InChI is InChI=1S/C11H16N2O2/c1-7-10(9-6-14-5-4-12-9)13-11(15-7)8-2-3-8/h8-9,12H,2-6H2,1H3. The van der Waals surface area contributed by atoms with Crippen molar-refractivity contribution in [2.45, 2.75) is 31.7 Å². The summed E-state index contributed by atoms with van der Waals surface area (Å²) >= 11 is 0. The number of nitrogens with one attached hydrogen (secondary N) is 1. The third kappa shape index (κ3) is 1.79. The maximum absolute atomic E-state index is 5.69. The molecule has 3 rings (SSSR count). The van der Waals surface area contributed by atoms with Crippen LogP contribution in [0.15, 0.2) is 4.42 Å². The molecule has 1 unspecified atom stereocenters. The zero-order valence-corrected chi connectivity index (χ0v) is 8.95. The zero-order chi connectivity index (χ0) is 10.3. The third-order valence-electron chi connectivity index (χ3n) is 3.03. The normalized spacial score (nSPS) is 26.9. The van der Waals surface area contributed by atoms with E-state index in [1.54, 1.807) is 0 Å². The van der Waals surface area contributed by atoms with Crippen LogP contribution in [-0.4, -0.2) is 24.7 Å². The van der Waals surface area contributed by atoms with Crippen LogP contribution in [-0.2, 0) is 4.74 Å². The molecule has 1 saturated heterocycles. The summed E-state index contributed by atoms with van der Waals surface area (Å²) in [5.74, 6) is 2.46. The Morgan fingerprint density at radius 2 is 2.27 bits per heavy atom. The fourth-order valence-electron chi connectivity index (χ4n) is 2.00. The van der Waals surface area contributed by atoms with Gasteiger partial charge >= 0.3 is 0 Å². The summed E-state index contributed by atoms with van der Waals surface area (Å²) in [6.45, 7) is 4.39. The average Bonchev–Trinajstić information content (AvgIpc) is 3.04. The van der Waals surface area contributed by atoms with Gasteiger partial charge in [0.2, 0.25) is 0 Å². The first kappa shape index (κ1) is 9.36. The lowest BCUT2D eigenvalue weighted by Crippen LogP contribution is -2.35. The predicted molar refractivity (Wildman–Crippen MR) is 54.8 cm³/mol. The van der Waals surface area contributed by atoms with Crippen LogP contribution in [0.4, 0.5) is 0 Å². The van der Waals surface area contributed by atoms with Crippen molar-refractivity contribution >= 4 is 0 Å². The Hall–Kier alpha value is -0.870. The molecular formula is C11H16N2O2. The number of oxazole rings is 1. The molecule has 0 radical (unpaired) electrons. The van der Waals surface area contributed by atoms with Gasteiger partial charge in [-0.3, -0.25) is 0 Å². The molecule has 2 heterocycles. The number of morpholine rings is 1. The predicted octanol–water partition coefficient (Wildman–Crippen LogP) is 1.52. The zero-order valence-electron chi connectivity index (χ0n) is 8.95. The van der Waals surface area contributed by atoms with Crippen LogP contribution in [0.2, 0.25) is 0 Å². The van der Waals surface area contributed by atoms with E-state index < -0.39 is 0 Å². The Morgan fingerprint density at radius 3 is 2.93 bits per heavy atom. The molecule has 1 N–H and O–H groups in total. The number of ether oxygens (including phenoxy) is 1. The number of hydrogen-bond acceptors (Lipinski definition) is 4. The maximum atomic E-state index is 5.69. The molecule has 0 spiro atoms. The quantitative estimate of drug-likeness (QED) is 0.800. The van der Waals surface area contributed by atoms with E-state index in [1.165, 1.54) is 12.8 Å². The summed E-state index contributed by atoms with van der Waals surface area (Å²) in [6.07, 6.45) is 2.46. The Kier molecular flexibility index (Phi) is 2.25. The molecule has 4 nitrogen and oxygen atoms in total. The number of aromatic nitrogens is 1. The van der Waals surface area contributed by atoms with Gasteiger partial charge in [0.05, 0.1) is 19.3 Å². The lowest BCUT2D eigenvalue weighted by molar-refractivity contribution is 0.0753. The Morgan fingerprint density at radius 1 is 1.40 bits per heavy atom. The largest absolute Gasteiger partial charge is 0.445 e. The minimum absolute atomic E-state index is 0.218. The number of nitrogens with zero attached hydrogens (tertiary/aromatic N) is 1. The Bertz CT molecular complexity index is 351. The molecule has 82 valence electrons. The topological polar surface area (TPSA) is 47.3 Å². The highest BCUT2D eigenvalue weighted by molar-refractivity contribution is 5.17. The maximum Gasteiger partial charge on any atom is 0.197 e.